The summed E-state index contributed by atoms with van der Waals surface area (Å²) in [5.41, 5.74) is 5.65. The first-order valence-electron chi connectivity index (χ1n) is 6.81. The van der Waals surface area contributed by atoms with Gasteiger partial charge in [-0.25, -0.2) is 13.4 Å². The third-order valence-electron chi connectivity index (χ3n) is 3.50. The Morgan fingerprint density at radius 1 is 1.57 bits per heavy atom. The van der Waals surface area contributed by atoms with Crippen LogP contribution in [0.25, 0.3) is 0 Å². The van der Waals surface area contributed by atoms with Crippen LogP contribution in [0.1, 0.15) is 19.8 Å². The van der Waals surface area contributed by atoms with Crippen LogP contribution < -0.4 is 5.73 Å². The summed E-state index contributed by atoms with van der Waals surface area (Å²) < 4.78 is 32.9. The Hall–Kier alpha value is -1.61. The molecule has 1 fully saturated rings. The first-order valence-corrected chi connectivity index (χ1v) is 8.25. The SMILES string of the molecule is CCOC(=O)C1CCCN(S(=O)(=O)c2c(N)ncn2C)C1. The lowest BCUT2D eigenvalue weighted by molar-refractivity contribution is -0.149. The van der Waals surface area contributed by atoms with Crippen LogP contribution in [0.3, 0.4) is 0 Å². The first-order chi connectivity index (χ1) is 9.87. The number of rotatable bonds is 4. The quantitative estimate of drug-likeness (QED) is 0.781. The van der Waals surface area contributed by atoms with Gasteiger partial charge in [-0.05, 0) is 19.8 Å². The van der Waals surface area contributed by atoms with E-state index in [1.165, 1.54) is 15.2 Å². The lowest BCUT2D eigenvalue weighted by Crippen LogP contribution is -2.43. The summed E-state index contributed by atoms with van der Waals surface area (Å²) in [6, 6.07) is 0. The molecule has 0 aliphatic carbocycles. The van der Waals surface area contributed by atoms with Crippen molar-refractivity contribution in [1.29, 1.82) is 0 Å². The van der Waals surface area contributed by atoms with Crippen molar-refractivity contribution < 1.29 is 17.9 Å². The predicted octanol–water partition coefficient (Wildman–Crippen LogP) is -0.0339. The second-order valence-electron chi connectivity index (χ2n) is 5.00. The minimum absolute atomic E-state index is 0.0317. The molecule has 1 aromatic rings. The number of carbonyl (C=O) groups excluding carboxylic acids is 1. The van der Waals surface area contributed by atoms with Crippen LogP contribution in [0.15, 0.2) is 11.4 Å². The van der Waals surface area contributed by atoms with Crippen molar-refractivity contribution in [2.45, 2.75) is 24.8 Å². The molecule has 1 unspecified atom stereocenters. The lowest BCUT2D eigenvalue weighted by Gasteiger charge is -2.30. The average Bonchev–Trinajstić information content (AvgIpc) is 2.79. The molecule has 0 aromatic carbocycles. The van der Waals surface area contributed by atoms with Gasteiger partial charge in [0.05, 0.1) is 18.9 Å². The van der Waals surface area contributed by atoms with Crippen molar-refractivity contribution in [2.24, 2.45) is 13.0 Å². The highest BCUT2D eigenvalue weighted by atomic mass is 32.2. The van der Waals surface area contributed by atoms with Crippen molar-refractivity contribution in [2.75, 3.05) is 25.4 Å². The molecule has 118 valence electrons. The van der Waals surface area contributed by atoms with Gasteiger partial charge in [0.2, 0.25) is 0 Å². The van der Waals surface area contributed by atoms with Crippen molar-refractivity contribution >= 4 is 21.8 Å². The van der Waals surface area contributed by atoms with E-state index in [9.17, 15) is 13.2 Å². The predicted molar refractivity (Wildman–Crippen MR) is 75.7 cm³/mol. The first kappa shape index (κ1) is 15.8. The van der Waals surface area contributed by atoms with Gasteiger partial charge in [-0.2, -0.15) is 4.31 Å². The number of sulfonamides is 1. The number of piperidine rings is 1. The second-order valence-corrected chi connectivity index (χ2v) is 6.85. The Labute approximate surface area is 123 Å². The van der Waals surface area contributed by atoms with Crippen LogP contribution in [0.5, 0.6) is 0 Å². The third-order valence-corrected chi connectivity index (χ3v) is 5.50. The molecule has 1 aliphatic rings. The molecule has 2 heterocycles. The number of nitrogens with two attached hydrogens (primary N) is 1. The molecule has 0 bridgehead atoms. The summed E-state index contributed by atoms with van der Waals surface area (Å²) in [5.74, 6) is -0.811. The molecule has 8 nitrogen and oxygen atoms in total. The number of nitrogen functional groups attached to an aromatic ring is 1. The van der Waals surface area contributed by atoms with Crippen molar-refractivity contribution in [1.82, 2.24) is 13.9 Å². The molecule has 2 rings (SSSR count). The summed E-state index contributed by atoms with van der Waals surface area (Å²) in [7, 11) is -2.19. The Bertz CT molecular complexity index is 606. The van der Waals surface area contributed by atoms with E-state index >= 15 is 0 Å². The maximum absolute atomic E-state index is 12.6. The van der Waals surface area contributed by atoms with E-state index in [0.29, 0.717) is 19.4 Å². The van der Waals surface area contributed by atoms with E-state index in [-0.39, 0.29) is 30.0 Å². The van der Waals surface area contributed by atoms with Gasteiger partial charge in [0, 0.05) is 20.1 Å². The molecule has 1 aliphatic heterocycles. The number of aromatic nitrogens is 2. The number of imidazole rings is 1. The lowest BCUT2D eigenvalue weighted by atomic mass is 10.0. The molecule has 0 saturated carbocycles. The summed E-state index contributed by atoms with van der Waals surface area (Å²) >= 11 is 0. The number of ether oxygens (including phenoxy) is 1. The molecule has 1 aromatic heterocycles. The van der Waals surface area contributed by atoms with Crippen LogP contribution in [0.2, 0.25) is 0 Å². The zero-order chi connectivity index (χ0) is 15.6. The monoisotopic (exact) mass is 316 g/mol. The zero-order valence-electron chi connectivity index (χ0n) is 12.2. The van der Waals surface area contributed by atoms with Gasteiger partial charge in [0.25, 0.3) is 10.0 Å². The summed E-state index contributed by atoms with van der Waals surface area (Å²) in [6.07, 6.45) is 2.60. The second kappa shape index (κ2) is 6.02. The standard InChI is InChI=1S/C12H20N4O4S/c1-3-20-12(17)9-5-4-6-16(7-9)21(18,19)11-10(13)14-8-15(11)2/h8-9H,3-7,13H2,1-2H3. The molecule has 1 atom stereocenters. The van der Waals surface area contributed by atoms with E-state index in [1.807, 2.05) is 0 Å². The van der Waals surface area contributed by atoms with E-state index in [0.717, 1.165) is 0 Å². The van der Waals surface area contributed by atoms with E-state index in [4.69, 9.17) is 10.5 Å². The Kier molecular flexibility index (Phi) is 4.52. The fraction of sp³-hybridized carbons (Fsp3) is 0.667. The largest absolute Gasteiger partial charge is 0.466 e. The summed E-state index contributed by atoms with van der Waals surface area (Å²) in [4.78, 5) is 15.6. The van der Waals surface area contributed by atoms with E-state index in [2.05, 4.69) is 4.98 Å². The highest BCUT2D eigenvalue weighted by molar-refractivity contribution is 7.89. The molecular weight excluding hydrogens is 296 g/mol. The fourth-order valence-electron chi connectivity index (χ4n) is 2.49. The van der Waals surface area contributed by atoms with Crippen molar-refractivity contribution in [3.05, 3.63) is 6.33 Å². The molecule has 9 heteroatoms. The number of esters is 1. The topological polar surface area (TPSA) is 108 Å². The van der Waals surface area contributed by atoms with E-state index in [1.54, 1.807) is 14.0 Å². The van der Waals surface area contributed by atoms with Crippen LogP contribution >= 0.6 is 0 Å². The zero-order valence-corrected chi connectivity index (χ0v) is 13.0. The Balaban J connectivity index is 2.23. The molecule has 2 N–H and O–H groups in total. The number of carbonyl (C=O) groups is 1. The number of anilines is 1. The smallest absolute Gasteiger partial charge is 0.310 e. The highest BCUT2D eigenvalue weighted by Gasteiger charge is 2.36. The van der Waals surface area contributed by atoms with Crippen LogP contribution in [0, 0.1) is 5.92 Å². The summed E-state index contributed by atoms with van der Waals surface area (Å²) in [6.45, 7) is 2.50. The Morgan fingerprint density at radius 3 is 2.86 bits per heavy atom. The van der Waals surface area contributed by atoms with Crippen LogP contribution in [-0.4, -0.2) is 47.9 Å². The number of hydrogen-bond donors (Lipinski definition) is 1. The van der Waals surface area contributed by atoms with Gasteiger partial charge in [0.15, 0.2) is 10.8 Å². The van der Waals surface area contributed by atoms with Crippen molar-refractivity contribution in [3.8, 4) is 0 Å². The molecule has 0 radical (unpaired) electrons. The van der Waals surface area contributed by atoms with Gasteiger partial charge < -0.3 is 15.0 Å². The molecule has 21 heavy (non-hydrogen) atoms. The maximum Gasteiger partial charge on any atom is 0.310 e. The minimum Gasteiger partial charge on any atom is -0.466 e. The van der Waals surface area contributed by atoms with Crippen LogP contribution in [-0.2, 0) is 26.6 Å². The van der Waals surface area contributed by atoms with Gasteiger partial charge >= 0.3 is 5.97 Å². The minimum atomic E-state index is -3.76. The number of nitrogens with zero attached hydrogens (tertiary/aromatic N) is 3. The molecule has 1 saturated heterocycles. The van der Waals surface area contributed by atoms with Gasteiger partial charge in [-0.15, -0.1) is 0 Å². The fourth-order valence-corrected chi connectivity index (χ4v) is 4.21. The summed E-state index contributed by atoms with van der Waals surface area (Å²) in [5, 5.41) is -0.0352. The molecular formula is C12H20N4O4S. The van der Waals surface area contributed by atoms with Crippen LogP contribution in [0.4, 0.5) is 5.82 Å². The van der Waals surface area contributed by atoms with Crippen molar-refractivity contribution in [3.63, 3.8) is 0 Å². The normalized spacial score (nSPS) is 20.4. The van der Waals surface area contributed by atoms with Gasteiger partial charge in [0.1, 0.15) is 0 Å². The highest BCUT2D eigenvalue weighted by Crippen LogP contribution is 2.26. The molecule has 0 spiro atoms. The number of aryl methyl sites for hydroxylation is 1. The van der Waals surface area contributed by atoms with E-state index < -0.39 is 15.9 Å². The molecule has 0 amide bonds. The Morgan fingerprint density at radius 2 is 2.29 bits per heavy atom. The third kappa shape index (κ3) is 3.03. The number of hydrogen-bond acceptors (Lipinski definition) is 6. The maximum atomic E-state index is 12.6. The average molecular weight is 316 g/mol. The van der Waals surface area contributed by atoms with Gasteiger partial charge in [-0.1, -0.05) is 0 Å². The van der Waals surface area contributed by atoms with Gasteiger partial charge in [-0.3, -0.25) is 4.79 Å².